The third-order valence-electron chi connectivity index (χ3n) is 2.47. The zero-order valence-electron chi connectivity index (χ0n) is 8.08. The molecule has 0 fully saturated rings. The van der Waals surface area contributed by atoms with Crippen molar-refractivity contribution in [2.75, 3.05) is 0 Å². The van der Waals surface area contributed by atoms with E-state index in [2.05, 4.69) is 0 Å². The molecule has 2 rings (SSSR count). The summed E-state index contributed by atoms with van der Waals surface area (Å²) in [4.78, 5) is 0. The van der Waals surface area contributed by atoms with Gasteiger partial charge in [-0.2, -0.15) is 0 Å². The zero-order chi connectivity index (χ0) is 10.8. The lowest BCUT2D eigenvalue weighted by Gasteiger charge is -2.15. The summed E-state index contributed by atoms with van der Waals surface area (Å²) >= 11 is 0. The molecule has 0 aromatic heterocycles. The summed E-state index contributed by atoms with van der Waals surface area (Å²) in [6, 6.07) is 3.96. The minimum absolute atomic E-state index is 0.0464. The van der Waals surface area contributed by atoms with E-state index in [-0.39, 0.29) is 5.92 Å². The Balaban J connectivity index is 2.31. The Morgan fingerprint density at radius 3 is 2.67 bits per heavy atom. The Morgan fingerprint density at radius 1 is 1.20 bits per heavy atom. The van der Waals surface area contributed by atoms with Gasteiger partial charge >= 0.3 is 0 Å². The van der Waals surface area contributed by atoms with E-state index in [1.54, 1.807) is 6.07 Å². The maximum Gasteiger partial charge on any atom is 0.159 e. The highest BCUT2D eigenvalue weighted by Crippen LogP contribution is 2.26. The van der Waals surface area contributed by atoms with Crippen LogP contribution in [0.5, 0.6) is 0 Å². The molecule has 1 aromatic rings. The second kappa shape index (κ2) is 3.85. The fourth-order valence-electron chi connectivity index (χ4n) is 1.68. The van der Waals surface area contributed by atoms with E-state index in [0.717, 1.165) is 18.1 Å². The van der Waals surface area contributed by atoms with Gasteiger partial charge < -0.3 is 5.73 Å². The fraction of sp³-hybridized carbons (Fsp3) is 0.167. The van der Waals surface area contributed by atoms with Gasteiger partial charge in [-0.05, 0) is 30.2 Å². The van der Waals surface area contributed by atoms with E-state index >= 15 is 0 Å². The van der Waals surface area contributed by atoms with Crippen molar-refractivity contribution in [2.45, 2.75) is 12.3 Å². The molecule has 1 aromatic carbocycles. The predicted octanol–water partition coefficient (Wildman–Crippen LogP) is 2.85. The average molecular weight is 207 g/mol. The van der Waals surface area contributed by atoms with Crippen LogP contribution in [-0.2, 0) is 0 Å². The topological polar surface area (TPSA) is 26.0 Å². The number of halogens is 2. The van der Waals surface area contributed by atoms with Crippen LogP contribution in [0.4, 0.5) is 8.78 Å². The van der Waals surface area contributed by atoms with Gasteiger partial charge in [0.25, 0.3) is 0 Å². The van der Waals surface area contributed by atoms with Gasteiger partial charge in [-0.15, -0.1) is 0 Å². The lowest BCUT2D eigenvalue weighted by molar-refractivity contribution is 0.506. The number of allylic oxidation sites excluding steroid dienone is 3. The summed E-state index contributed by atoms with van der Waals surface area (Å²) in [7, 11) is 0. The third-order valence-corrected chi connectivity index (χ3v) is 2.47. The largest absolute Gasteiger partial charge is 0.399 e. The van der Waals surface area contributed by atoms with Crippen molar-refractivity contribution in [3.05, 3.63) is 59.3 Å². The molecule has 15 heavy (non-hydrogen) atoms. The molecular weight excluding hydrogens is 196 g/mol. The van der Waals surface area contributed by atoms with Crippen LogP contribution in [0.2, 0.25) is 0 Å². The van der Waals surface area contributed by atoms with Gasteiger partial charge in [0.1, 0.15) is 0 Å². The first kappa shape index (κ1) is 9.90. The molecule has 1 atom stereocenters. The van der Waals surface area contributed by atoms with Crippen LogP contribution in [0.15, 0.2) is 42.1 Å². The average Bonchev–Trinajstić information content (AvgIpc) is 2.22. The number of nitrogens with two attached hydrogens (primary N) is 1. The SMILES string of the molecule is NC1=CC(c2ccc(F)c(F)c2)CC=C1. The first-order valence-corrected chi connectivity index (χ1v) is 4.75. The highest BCUT2D eigenvalue weighted by atomic mass is 19.2. The first-order chi connectivity index (χ1) is 7.16. The van der Waals surface area contributed by atoms with Crippen LogP contribution in [0, 0.1) is 11.6 Å². The number of rotatable bonds is 1. The van der Waals surface area contributed by atoms with Gasteiger partial charge in [0.05, 0.1) is 0 Å². The van der Waals surface area contributed by atoms with E-state index in [0.29, 0.717) is 5.70 Å². The summed E-state index contributed by atoms with van der Waals surface area (Å²) in [6.07, 6.45) is 6.37. The first-order valence-electron chi connectivity index (χ1n) is 4.75. The van der Waals surface area contributed by atoms with Crippen molar-refractivity contribution < 1.29 is 8.78 Å². The Labute approximate surface area is 86.9 Å². The standard InChI is InChI=1S/C12H11F2N/c13-11-5-4-9(7-12(11)14)8-2-1-3-10(15)6-8/h1,3-8H,2,15H2. The summed E-state index contributed by atoms with van der Waals surface area (Å²) < 4.78 is 25.7. The molecule has 0 amide bonds. The molecule has 2 N–H and O–H groups in total. The summed E-state index contributed by atoms with van der Waals surface area (Å²) in [6.45, 7) is 0. The van der Waals surface area contributed by atoms with Crippen molar-refractivity contribution >= 4 is 0 Å². The van der Waals surface area contributed by atoms with E-state index < -0.39 is 11.6 Å². The van der Waals surface area contributed by atoms with Crippen molar-refractivity contribution in [1.82, 2.24) is 0 Å². The summed E-state index contributed by atoms with van der Waals surface area (Å²) in [5, 5.41) is 0. The molecule has 0 heterocycles. The van der Waals surface area contributed by atoms with Gasteiger partial charge in [0, 0.05) is 11.6 Å². The van der Waals surface area contributed by atoms with E-state index in [4.69, 9.17) is 5.73 Å². The summed E-state index contributed by atoms with van der Waals surface area (Å²) in [5.41, 5.74) is 7.05. The second-order valence-corrected chi connectivity index (χ2v) is 3.58. The molecular formula is C12H11F2N. The molecule has 0 saturated carbocycles. The van der Waals surface area contributed by atoms with Gasteiger partial charge in [0.15, 0.2) is 11.6 Å². The normalized spacial score (nSPS) is 20.1. The highest BCUT2D eigenvalue weighted by molar-refractivity contribution is 5.32. The van der Waals surface area contributed by atoms with Crippen LogP contribution in [0.1, 0.15) is 17.9 Å². The Morgan fingerprint density at radius 2 is 2.00 bits per heavy atom. The van der Waals surface area contributed by atoms with Crippen LogP contribution >= 0.6 is 0 Å². The quantitative estimate of drug-likeness (QED) is 0.752. The lowest BCUT2D eigenvalue weighted by Crippen LogP contribution is -2.04. The Bertz CT molecular complexity index is 435. The van der Waals surface area contributed by atoms with E-state index in [1.807, 2.05) is 18.2 Å². The van der Waals surface area contributed by atoms with Gasteiger partial charge in [0.2, 0.25) is 0 Å². The van der Waals surface area contributed by atoms with Crippen LogP contribution < -0.4 is 5.73 Å². The predicted molar refractivity (Wildman–Crippen MR) is 55.1 cm³/mol. The Hall–Kier alpha value is -1.64. The monoisotopic (exact) mass is 207 g/mol. The molecule has 0 spiro atoms. The fourth-order valence-corrected chi connectivity index (χ4v) is 1.68. The highest BCUT2D eigenvalue weighted by Gasteiger charge is 2.12. The molecule has 0 bridgehead atoms. The smallest absolute Gasteiger partial charge is 0.159 e. The molecule has 1 unspecified atom stereocenters. The van der Waals surface area contributed by atoms with Crippen molar-refractivity contribution in [3.8, 4) is 0 Å². The summed E-state index contributed by atoms with van der Waals surface area (Å²) in [5.74, 6) is -1.58. The molecule has 0 radical (unpaired) electrons. The molecule has 3 heteroatoms. The van der Waals surface area contributed by atoms with Crippen LogP contribution in [-0.4, -0.2) is 0 Å². The van der Waals surface area contributed by atoms with E-state index in [9.17, 15) is 8.78 Å². The number of hydrogen-bond acceptors (Lipinski definition) is 1. The maximum absolute atomic E-state index is 13.0. The zero-order valence-corrected chi connectivity index (χ0v) is 8.08. The van der Waals surface area contributed by atoms with Crippen molar-refractivity contribution in [2.24, 2.45) is 5.73 Å². The van der Waals surface area contributed by atoms with Crippen LogP contribution in [0.25, 0.3) is 0 Å². The number of benzene rings is 1. The molecule has 1 nitrogen and oxygen atoms in total. The molecule has 1 aliphatic carbocycles. The maximum atomic E-state index is 13.0. The minimum atomic E-state index is -0.818. The molecule has 1 aliphatic rings. The second-order valence-electron chi connectivity index (χ2n) is 3.58. The van der Waals surface area contributed by atoms with Crippen molar-refractivity contribution in [1.29, 1.82) is 0 Å². The van der Waals surface area contributed by atoms with E-state index in [1.165, 1.54) is 6.07 Å². The van der Waals surface area contributed by atoms with Crippen LogP contribution in [0.3, 0.4) is 0 Å². The van der Waals surface area contributed by atoms with Gasteiger partial charge in [-0.3, -0.25) is 0 Å². The molecule has 78 valence electrons. The Kier molecular flexibility index (Phi) is 2.54. The third kappa shape index (κ3) is 2.06. The molecule has 0 saturated heterocycles. The minimum Gasteiger partial charge on any atom is -0.399 e. The number of hydrogen-bond donors (Lipinski definition) is 1. The van der Waals surface area contributed by atoms with Gasteiger partial charge in [-0.25, -0.2) is 8.78 Å². The molecule has 0 aliphatic heterocycles. The lowest BCUT2D eigenvalue weighted by atomic mass is 9.91. The van der Waals surface area contributed by atoms with Gasteiger partial charge in [-0.1, -0.05) is 18.2 Å². The van der Waals surface area contributed by atoms with Crippen molar-refractivity contribution in [3.63, 3.8) is 0 Å².